The highest BCUT2D eigenvalue weighted by molar-refractivity contribution is 5.61. The van der Waals surface area contributed by atoms with Crippen molar-refractivity contribution in [3.8, 4) is 11.5 Å². The Morgan fingerprint density at radius 3 is 2.95 bits per heavy atom. The van der Waals surface area contributed by atoms with Gasteiger partial charge >= 0.3 is 0 Å². The minimum absolute atomic E-state index is 0.168. The van der Waals surface area contributed by atoms with Crippen LogP contribution in [0.15, 0.2) is 24.3 Å². The Morgan fingerprint density at radius 2 is 2.18 bits per heavy atom. The van der Waals surface area contributed by atoms with Crippen molar-refractivity contribution >= 4 is 0 Å². The van der Waals surface area contributed by atoms with Gasteiger partial charge in [0.1, 0.15) is 12.3 Å². The smallest absolute Gasteiger partial charge is 0.166 e. The number of hydrogen-bond donors (Lipinski definition) is 2. The minimum atomic E-state index is -0.546. The molecule has 2 heterocycles. The van der Waals surface area contributed by atoms with Gasteiger partial charge in [0.05, 0.1) is 18.6 Å². The van der Waals surface area contributed by atoms with Crippen LogP contribution in [-0.2, 0) is 12.0 Å². The third-order valence-corrected chi connectivity index (χ3v) is 5.25. The lowest BCUT2D eigenvalue weighted by atomic mass is 9.69. The molecule has 0 saturated heterocycles. The largest absolute Gasteiger partial charge is 0.493 e. The van der Waals surface area contributed by atoms with Crippen LogP contribution in [0, 0.1) is 0 Å². The van der Waals surface area contributed by atoms with Gasteiger partial charge in [-0.05, 0) is 18.7 Å². The first kappa shape index (κ1) is 14.1. The first-order valence-corrected chi connectivity index (χ1v) is 7.68. The SMILES string of the molecule is COc1ccc2c3c1O[C@H]1C[C@@H](O)C=C[C@@]31C[C@H](O)N(C)C2. The number of hydrogen-bond acceptors (Lipinski definition) is 5. The summed E-state index contributed by atoms with van der Waals surface area (Å²) >= 11 is 0. The molecule has 2 aliphatic heterocycles. The van der Waals surface area contributed by atoms with E-state index in [4.69, 9.17) is 9.47 Å². The van der Waals surface area contributed by atoms with Crippen LogP contribution < -0.4 is 9.47 Å². The molecule has 0 radical (unpaired) electrons. The van der Waals surface area contributed by atoms with Gasteiger partial charge in [0, 0.05) is 24.9 Å². The molecule has 1 aromatic carbocycles. The molecule has 1 aromatic rings. The maximum atomic E-state index is 10.5. The summed E-state index contributed by atoms with van der Waals surface area (Å²) in [6.07, 6.45) is 3.74. The number of methoxy groups -OCH3 is 1. The van der Waals surface area contributed by atoms with Gasteiger partial charge in [-0.15, -0.1) is 0 Å². The van der Waals surface area contributed by atoms with Crippen LogP contribution in [-0.4, -0.2) is 47.7 Å². The van der Waals surface area contributed by atoms with Gasteiger partial charge in [-0.25, -0.2) is 0 Å². The second-order valence-electron chi connectivity index (χ2n) is 6.54. The number of aliphatic hydroxyl groups excluding tert-OH is 2. The van der Waals surface area contributed by atoms with Crippen LogP contribution in [0.4, 0.5) is 0 Å². The zero-order valence-corrected chi connectivity index (χ0v) is 12.8. The fraction of sp³-hybridized carbons (Fsp3) is 0.529. The van der Waals surface area contributed by atoms with Crippen LogP contribution in [0.2, 0.25) is 0 Å². The first-order valence-electron chi connectivity index (χ1n) is 7.68. The van der Waals surface area contributed by atoms with Crippen LogP contribution in [0.5, 0.6) is 11.5 Å². The molecule has 5 heteroatoms. The van der Waals surface area contributed by atoms with Gasteiger partial charge in [-0.1, -0.05) is 18.2 Å². The summed E-state index contributed by atoms with van der Waals surface area (Å²) in [7, 11) is 3.56. The van der Waals surface area contributed by atoms with Gasteiger partial charge in [0.2, 0.25) is 0 Å². The van der Waals surface area contributed by atoms with Gasteiger partial charge in [0.25, 0.3) is 0 Å². The van der Waals surface area contributed by atoms with E-state index in [0.29, 0.717) is 19.4 Å². The predicted molar refractivity (Wildman–Crippen MR) is 80.9 cm³/mol. The number of aliphatic hydroxyl groups is 2. The average Bonchev–Trinajstić information content (AvgIpc) is 2.76. The van der Waals surface area contributed by atoms with E-state index >= 15 is 0 Å². The third-order valence-electron chi connectivity index (χ3n) is 5.25. The van der Waals surface area contributed by atoms with Crippen molar-refractivity contribution in [3.05, 3.63) is 35.4 Å². The summed E-state index contributed by atoms with van der Waals surface area (Å²) in [5.74, 6) is 1.49. The summed E-state index contributed by atoms with van der Waals surface area (Å²) in [5.41, 5.74) is 1.88. The van der Waals surface area contributed by atoms with E-state index in [0.717, 1.165) is 22.6 Å². The van der Waals surface area contributed by atoms with E-state index in [-0.39, 0.29) is 11.5 Å². The molecule has 5 nitrogen and oxygen atoms in total. The summed E-state index contributed by atoms with van der Waals surface area (Å²) in [6, 6.07) is 3.98. The first-order chi connectivity index (χ1) is 10.5. The quantitative estimate of drug-likeness (QED) is 0.763. The molecule has 0 bridgehead atoms. The van der Waals surface area contributed by atoms with Crippen molar-refractivity contribution in [1.82, 2.24) is 4.90 Å². The fourth-order valence-corrected chi connectivity index (χ4v) is 4.10. The van der Waals surface area contributed by atoms with Crippen molar-refractivity contribution in [2.24, 2.45) is 0 Å². The monoisotopic (exact) mass is 303 g/mol. The third kappa shape index (κ3) is 1.76. The van der Waals surface area contributed by atoms with Gasteiger partial charge in [0.15, 0.2) is 11.5 Å². The molecule has 0 aromatic heterocycles. The van der Waals surface area contributed by atoms with E-state index in [2.05, 4.69) is 6.07 Å². The molecule has 3 aliphatic rings. The molecule has 0 unspecified atom stereocenters. The Kier molecular flexibility index (Phi) is 3.01. The Bertz CT molecular complexity index is 644. The van der Waals surface area contributed by atoms with E-state index in [1.54, 1.807) is 7.11 Å². The Balaban J connectivity index is 1.96. The summed E-state index contributed by atoms with van der Waals surface area (Å²) in [5, 5.41) is 20.5. The molecule has 2 N–H and O–H groups in total. The highest BCUT2D eigenvalue weighted by atomic mass is 16.5. The lowest BCUT2D eigenvalue weighted by Crippen LogP contribution is -2.45. The van der Waals surface area contributed by atoms with Crippen molar-refractivity contribution in [2.45, 2.75) is 43.2 Å². The van der Waals surface area contributed by atoms with Crippen LogP contribution in [0.1, 0.15) is 24.0 Å². The molecule has 4 atom stereocenters. The second kappa shape index (κ2) is 4.72. The van der Waals surface area contributed by atoms with Crippen molar-refractivity contribution in [1.29, 1.82) is 0 Å². The summed E-state index contributed by atoms with van der Waals surface area (Å²) in [4.78, 5) is 1.95. The maximum absolute atomic E-state index is 10.5. The lowest BCUT2D eigenvalue weighted by Gasteiger charge is -2.37. The summed E-state index contributed by atoms with van der Waals surface area (Å²) in [6.45, 7) is 0.668. The van der Waals surface area contributed by atoms with Gasteiger partial charge < -0.3 is 19.7 Å². The predicted octanol–water partition coefficient (Wildman–Crippen LogP) is 1.17. The standard InChI is InChI=1S/C17H21NO4/c1-18-9-10-3-4-12(21-2)16-15(10)17(8-14(18)20)6-5-11(19)7-13(17)22-16/h3-6,11,13-14,19-20H,7-9H2,1-2H3/t11-,13-,14-,17-/m0/s1. The Morgan fingerprint density at radius 1 is 1.36 bits per heavy atom. The number of benzene rings is 1. The second-order valence-corrected chi connectivity index (χ2v) is 6.54. The van der Waals surface area contributed by atoms with E-state index in [1.807, 2.05) is 30.2 Å². The van der Waals surface area contributed by atoms with E-state index < -0.39 is 12.3 Å². The fourth-order valence-electron chi connectivity index (χ4n) is 4.10. The van der Waals surface area contributed by atoms with Crippen molar-refractivity contribution in [3.63, 3.8) is 0 Å². The number of nitrogens with zero attached hydrogens (tertiary/aromatic N) is 1. The Labute approximate surface area is 129 Å². The minimum Gasteiger partial charge on any atom is -0.493 e. The lowest BCUT2D eigenvalue weighted by molar-refractivity contribution is -0.0141. The Hall–Kier alpha value is -1.56. The van der Waals surface area contributed by atoms with Gasteiger partial charge in [-0.2, -0.15) is 0 Å². The molecule has 0 amide bonds. The van der Waals surface area contributed by atoms with E-state index in [9.17, 15) is 10.2 Å². The van der Waals surface area contributed by atoms with Crippen LogP contribution in [0.3, 0.4) is 0 Å². The number of ether oxygens (including phenoxy) is 2. The topological polar surface area (TPSA) is 62.2 Å². The van der Waals surface area contributed by atoms with Crippen LogP contribution >= 0.6 is 0 Å². The molecule has 1 aliphatic carbocycles. The molecule has 1 spiro atoms. The zero-order chi connectivity index (χ0) is 15.5. The molecular weight excluding hydrogens is 282 g/mol. The van der Waals surface area contributed by atoms with Crippen molar-refractivity contribution in [2.75, 3.05) is 14.2 Å². The molecular formula is C17H21NO4. The van der Waals surface area contributed by atoms with Crippen molar-refractivity contribution < 1.29 is 19.7 Å². The maximum Gasteiger partial charge on any atom is 0.166 e. The average molecular weight is 303 g/mol. The molecule has 118 valence electrons. The molecule has 4 rings (SSSR count). The normalized spacial score (nSPS) is 36.3. The molecule has 22 heavy (non-hydrogen) atoms. The summed E-state index contributed by atoms with van der Waals surface area (Å²) < 4.78 is 11.7. The molecule has 0 fully saturated rings. The zero-order valence-electron chi connectivity index (χ0n) is 12.8. The van der Waals surface area contributed by atoms with Gasteiger partial charge in [-0.3, -0.25) is 4.90 Å². The van der Waals surface area contributed by atoms with Crippen LogP contribution in [0.25, 0.3) is 0 Å². The highest BCUT2D eigenvalue weighted by Gasteiger charge is 2.54. The van der Waals surface area contributed by atoms with E-state index in [1.165, 1.54) is 0 Å². The number of rotatable bonds is 1. The highest BCUT2D eigenvalue weighted by Crippen LogP contribution is 2.56. The molecule has 0 saturated carbocycles.